The second kappa shape index (κ2) is 10.5. The number of furan rings is 1. The van der Waals surface area contributed by atoms with E-state index < -0.39 is 10.0 Å². The Bertz CT molecular complexity index is 1370. The number of ether oxygens (including phenoxy) is 1. The van der Waals surface area contributed by atoms with Crippen molar-refractivity contribution in [3.8, 4) is 5.75 Å². The molecule has 0 radical (unpaired) electrons. The van der Waals surface area contributed by atoms with E-state index in [1.54, 1.807) is 39.2 Å². The van der Waals surface area contributed by atoms with Gasteiger partial charge in [0.05, 0.1) is 30.7 Å². The molecule has 190 valence electrons. The van der Waals surface area contributed by atoms with E-state index in [9.17, 15) is 13.2 Å². The number of rotatable bonds is 9. The van der Waals surface area contributed by atoms with Gasteiger partial charge < -0.3 is 19.8 Å². The van der Waals surface area contributed by atoms with Gasteiger partial charge >= 0.3 is 0 Å². The Hall–Kier alpha value is -3.63. The summed E-state index contributed by atoms with van der Waals surface area (Å²) in [6.45, 7) is 5.44. The highest BCUT2D eigenvalue weighted by molar-refractivity contribution is 7.89. The summed E-state index contributed by atoms with van der Waals surface area (Å²) >= 11 is 0. The van der Waals surface area contributed by atoms with Crippen molar-refractivity contribution in [2.45, 2.75) is 31.8 Å². The molecule has 0 saturated carbocycles. The lowest BCUT2D eigenvalue weighted by molar-refractivity contribution is 0.0950. The predicted molar refractivity (Wildman–Crippen MR) is 137 cm³/mol. The minimum absolute atomic E-state index is 0.0140. The monoisotopic (exact) mass is 510 g/mol. The van der Waals surface area contributed by atoms with Crippen molar-refractivity contribution in [2.75, 3.05) is 27.2 Å². The van der Waals surface area contributed by atoms with Crippen LogP contribution >= 0.6 is 0 Å². The average molecular weight is 511 g/mol. The largest absolute Gasteiger partial charge is 0.497 e. The molecule has 3 aromatic rings. The van der Waals surface area contributed by atoms with Gasteiger partial charge in [-0.1, -0.05) is 24.3 Å². The van der Waals surface area contributed by atoms with Crippen LogP contribution in [0.1, 0.15) is 38.4 Å². The summed E-state index contributed by atoms with van der Waals surface area (Å²) in [7, 11) is -0.762. The molecule has 1 aliphatic rings. The van der Waals surface area contributed by atoms with Gasteiger partial charge in [0.25, 0.3) is 5.91 Å². The van der Waals surface area contributed by atoms with Crippen molar-refractivity contribution < 1.29 is 22.4 Å². The highest BCUT2D eigenvalue weighted by atomic mass is 32.2. The third-order valence-corrected chi connectivity index (χ3v) is 8.10. The van der Waals surface area contributed by atoms with Gasteiger partial charge in [0.2, 0.25) is 10.0 Å². The zero-order valence-corrected chi connectivity index (χ0v) is 21.6. The third-order valence-electron chi connectivity index (χ3n) is 5.99. The highest BCUT2D eigenvalue weighted by Gasteiger charge is 2.26. The Balaban J connectivity index is 1.38. The van der Waals surface area contributed by atoms with Crippen molar-refractivity contribution in [3.05, 3.63) is 82.3 Å². The SMILES string of the molecule is COc1cc(C)c(S(=O)(=O)N(C)Cc2cc(C(=O)NCc3ccc(C4=NCCN4)cc3)co2)c(C)c1. The third kappa shape index (κ3) is 5.44. The number of benzene rings is 2. The van der Waals surface area contributed by atoms with Crippen LogP contribution in [-0.4, -0.2) is 51.7 Å². The van der Waals surface area contributed by atoms with E-state index in [1.165, 1.54) is 17.6 Å². The fourth-order valence-electron chi connectivity index (χ4n) is 4.13. The lowest BCUT2D eigenvalue weighted by Gasteiger charge is -2.19. The Morgan fingerprint density at radius 1 is 1.17 bits per heavy atom. The van der Waals surface area contributed by atoms with Crippen LogP contribution in [0.5, 0.6) is 5.75 Å². The average Bonchev–Trinajstić information content (AvgIpc) is 3.55. The summed E-state index contributed by atoms with van der Waals surface area (Å²) in [5, 5.41) is 6.10. The molecule has 9 nitrogen and oxygen atoms in total. The lowest BCUT2D eigenvalue weighted by atomic mass is 10.1. The molecule has 0 aliphatic carbocycles. The normalized spacial score (nSPS) is 13.4. The molecule has 2 aromatic carbocycles. The topological polar surface area (TPSA) is 113 Å². The second-order valence-electron chi connectivity index (χ2n) is 8.69. The fourth-order valence-corrected chi connectivity index (χ4v) is 5.67. The molecule has 1 aromatic heterocycles. The van der Waals surface area contributed by atoms with Crippen molar-refractivity contribution in [3.63, 3.8) is 0 Å². The molecule has 1 amide bonds. The number of carbonyl (C=O) groups excluding carboxylic acids is 1. The quantitative estimate of drug-likeness (QED) is 0.458. The number of aliphatic imine (C=N–C) groups is 1. The lowest BCUT2D eigenvalue weighted by Crippen LogP contribution is -2.27. The first kappa shape index (κ1) is 25.5. The second-order valence-corrected chi connectivity index (χ2v) is 10.7. The summed E-state index contributed by atoms with van der Waals surface area (Å²) in [6, 6.07) is 12.8. The number of nitrogens with zero attached hydrogens (tertiary/aromatic N) is 2. The van der Waals surface area contributed by atoms with E-state index in [2.05, 4.69) is 15.6 Å². The van der Waals surface area contributed by atoms with Crippen LogP contribution in [0, 0.1) is 13.8 Å². The molecular formula is C26H30N4O5S. The van der Waals surface area contributed by atoms with Crippen LogP contribution in [0.25, 0.3) is 0 Å². The number of nitrogens with one attached hydrogen (secondary N) is 2. The van der Waals surface area contributed by atoms with Crippen LogP contribution < -0.4 is 15.4 Å². The minimum Gasteiger partial charge on any atom is -0.497 e. The number of carbonyl (C=O) groups is 1. The number of aryl methyl sites for hydroxylation is 2. The molecule has 4 rings (SSSR count). The Morgan fingerprint density at radius 3 is 2.47 bits per heavy atom. The first-order valence-corrected chi connectivity index (χ1v) is 13.0. The fraction of sp³-hybridized carbons (Fsp3) is 0.308. The van der Waals surface area contributed by atoms with Crippen molar-refractivity contribution in [1.29, 1.82) is 0 Å². The molecule has 0 fully saturated rings. The molecule has 1 aliphatic heterocycles. The molecule has 0 spiro atoms. The zero-order valence-electron chi connectivity index (χ0n) is 20.8. The van der Waals surface area contributed by atoms with E-state index in [-0.39, 0.29) is 17.3 Å². The highest BCUT2D eigenvalue weighted by Crippen LogP contribution is 2.28. The van der Waals surface area contributed by atoms with Gasteiger partial charge in [-0.05, 0) is 48.7 Å². The Kier molecular flexibility index (Phi) is 7.46. The first-order chi connectivity index (χ1) is 17.2. The van der Waals surface area contributed by atoms with Crippen molar-refractivity contribution >= 4 is 21.8 Å². The molecule has 0 bridgehead atoms. The van der Waals surface area contributed by atoms with Crippen molar-refractivity contribution in [1.82, 2.24) is 14.9 Å². The van der Waals surface area contributed by atoms with Gasteiger partial charge in [0, 0.05) is 25.7 Å². The van der Waals surface area contributed by atoms with E-state index in [0.29, 0.717) is 34.7 Å². The molecular weight excluding hydrogens is 480 g/mol. The van der Waals surface area contributed by atoms with Gasteiger partial charge in [0.15, 0.2) is 0 Å². The Labute approximate surface area is 211 Å². The summed E-state index contributed by atoms with van der Waals surface area (Å²) in [5.41, 5.74) is 3.48. The summed E-state index contributed by atoms with van der Waals surface area (Å²) in [5.74, 6) is 1.55. The van der Waals surface area contributed by atoms with E-state index in [0.717, 1.165) is 30.1 Å². The van der Waals surface area contributed by atoms with Crippen LogP contribution in [0.4, 0.5) is 0 Å². The summed E-state index contributed by atoms with van der Waals surface area (Å²) < 4.78 is 38.4. The molecule has 0 unspecified atom stereocenters. The van der Waals surface area contributed by atoms with Gasteiger partial charge in [-0.2, -0.15) is 4.31 Å². The van der Waals surface area contributed by atoms with Gasteiger partial charge in [-0.3, -0.25) is 9.79 Å². The maximum atomic E-state index is 13.2. The molecule has 0 saturated heterocycles. The number of amides is 1. The van der Waals surface area contributed by atoms with Crippen LogP contribution in [0.3, 0.4) is 0 Å². The molecule has 0 atom stereocenters. The van der Waals surface area contributed by atoms with Crippen LogP contribution in [0.15, 0.2) is 63.0 Å². The molecule has 10 heteroatoms. The van der Waals surface area contributed by atoms with Crippen LogP contribution in [0.2, 0.25) is 0 Å². The van der Waals surface area contributed by atoms with E-state index in [4.69, 9.17) is 9.15 Å². The summed E-state index contributed by atoms with van der Waals surface area (Å²) in [4.78, 5) is 17.2. The number of sulfonamides is 1. The Morgan fingerprint density at radius 2 is 1.86 bits per heavy atom. The van der Waals surface area contributed by atoms with Crippen molar-refractivity contribution in [2.24, 2.45) is 4.99 Å². The number of methoxy groups -OCH3 is 1. The smallest absolute Gasteiger partial charge is 0.254 e. The van der Waals surface area contributed by atoms with Gasteiger partial charge in [-0.15, -0.1) is 0 Å². The minimum atomic E-state index is -3.79. The number of hydrogen-bond donors (Lipinski definition) is 2. The molecule has 2 N–H and O–H groups in total. The predicted octanol–water partition coefficient (Wildman–Crippen LogP) is 3.01. The van der Waals surface area contributed by atoms with E-state index in [1.807, 2.05) is 24.3 Å². The molecule has 2 heterocycles. The number of hydrogen-bond acceptors (Lipinski definition) is 7. The standard InChI is InChI=1S/C26H30N4O5S/c1-17-11-22(34-4)12-18(2)24(17)36(32,33)30(3)15-23-13-21(16-35-23)26(31)29-14-19-5-7-20(8-6-19)25-27-9-10-28-25/h5-8,11-13,16H,9-10,14-15H2,1-4H3,(H,27,28)(H,29,31). The van der Waals surface area contributed by atoms with E-state index >= 15 is 0 Å². The number of amidine groups is 1. The summed E-state index contributed by atoms with van der Waals surface area (Å²) in [6.07, 6.45) is 1.34. The maximum absolute atomic E-state index is 13.2. The zero-order chi connectivity index (χ0) is 25.9. The van der Waals surface area contributed by atoms with Crippen LogP contribution in [-0.2, 0) is 23.1 Å². The maximum Gasteiger partial charge on any atom is 0.254 e. The van der Waals surface area contributed by atoms with Gasteiger partial charge in [-0.25, -0.2) is 8.42 Å². The molecule has 36 heavy (non-hydrogen) atoms. The van der Waals surface area contributed by atoms with Gasteiger partial charge in [0.1, 0.15) is 23.6 Å². The first-order valence-electron chi connectivity index (χ1n) is 11.5.